The zero-order valence-electron chi connectivity index (χ0n) is 18.7. The number of benzene rings is 1. The molecule has 34 heavy (non-hydrogen) atoms. The van der Waals surface area contributed by atoms with Crippen molar-refractivity contribution in [3.8, 4) is 6.01 Å². The van der Waals surface area contributed by atoms with E-state index in [0.717, 1.165) is 6.42 Å². The fourth-order valence-corrected chi connectivity index (χ4v) is 5.81. The van der Waals surface area contributed by atoms with Crippen LogP contribution in [0.15, 0.2) is 22.2 Å². The van der Waals surface area contributed by atoms with Crippen LogP contribution in [0.3, 0.4) is 0 Å². The lowest BCUT2D eigenvalue weighted by Crippen LogP contribution is -2.46. The molecule has 0 aliphatic carbocycles. The molecule has 1 unspecified atom stereocenters. The first kappa shape index (κ1) is 23.7. The highest BCUT2D eigenvalue weighted by molar-refractivity contribution is 9.10. The monoisotopic (exact) mass is 544 g/mol. The van der Waals surface area contributed by atoms with Gasteiger partial charge in [-0.3, -0.25) is 4.90 Å². The number of hydrogen-bond donors (Lipinski definition) is 1. The van der Waals surface area contributed by atoms with E-state index in [-0.39, 0.29) is 58.9 Å². The van der Waals surface area contributed by atoms with Gasteiger partial charge in [-0.2, -0.15) is 18.7 Å². The van der Waals surface area contributed by atoms with Gasteiger partial charge in [0.25, 0.3) is 6.08 Å². The van der Waals surface area contributed by atoms with Gasteiger partial charge in [0, 0.05) is 30.6 Å². The number of aromatic nitrogens is 2. The van der Waals surface area contributed by atoms with E-state index in [1.807, 2.05) is 4.90 Å². The highest BCUT2D eigenvalue weighted by Crippen LogP contribution is 2.43. The van der Waals surface area contributed by atoms with E-state index in [1.165, 1.54) is 6.07 Å². The minimum Gasteiger partial charge on any atom is -0.461 e. The second-order valence-electron chi connectivity index (χ2n) is 9.81. The van der Waals surface area contributed by atoms with Crippen molar-refractivity contribution in [2.75, 3.05) is 37.7 Å². The van der Waals surface area contributed by atoms with Gasteiger partial charge in [0.1, 0.15) is 23.8 Å². The van der Waals surface area contributed by atoms with E-state index in [2.05, 4.69) is 25.9 Å². The normalized spacial score (nSPS) is 27.5. The molecule has 3 aliphatic rings. The molecule has 3 fully saturated rings. The zero-order chi connectivity index (χ0) is 24.3. The van der Waals surface area contributed by atoms with E-state index in [1.54, 1.807) is 11.8 Å². The Balaban J connectivity index is 1.52. The first-order valence-electron chi connectivity index (χ1n) is 11.3. The molecule has 1 aromatic carbocycles. The summed E-state index contributed by atoms with van der Waals surface area (Å²) in [5.41, 5.74) is -1.55. The summed E-state index contributed by atoms with van der Waals surface area (Å²) in [4.78, 5) is 12.5. The lowest BCUT2D eigenvalue weighted by Gasteiger charge is -2.38. The molecule has 1 N–H and O–H groups in total. The quantitative estimate of drug-likeness (QED) is 0.441. The second-order valence-corrected chi connectivity index (χ2v) is 10.6. The molecular formula is C23H25BrF4N4O2. The van der Waals surface area contributed by atoms with Crippen LogP contribution in [0.25, 0.3) is 10.9 Å². The smallest absolute Gasteiger partial charge is 0.319 e. The van der Waals surface area contributed by atoms with Crippen LogP contribution >= 0.6 is 15.9 Å². The van der Waals surface area contributed by atoms with Crippen LogP contribution in [0, 0.1) is 11.6 Å². The predicted molar refractivity (Wildman–Crippen MR) is 122 cm³/mol. The molecular weight excluding hydrogens is 520 g/mol. The van der Waals surface area contributed by atoms with E-state index < -0.39 is 28.9 Å². The third-order valence-corrected chi connectivity index (χ3v) is 7.89. The number of fused-ring (bicyclic) bond motifs is 2. The maximum Gasteiger partial charge on any atom is 0.319 e. The first-order chi connectivity index (χ1) is 16.1. The van der Waals surface area contributed by atoms with Crippen molar-refractivity contribution in [1.29, 1.82) is 0 Å². The van der Waals surface area contributed by atoms with Crippen molar-refractivity contribution < 1.29 is 27.4 Å². The maximum absolute atomic E-state index is 15.0. The van der Waals surface area contributed by atoms with Gasteiger partial charge in [-0.25, -0.2) is 8.78 Å². The van der Waals surface area contributed by atoms with Gasteiger partial charge in [0.05, 0.1) is 15.6 Å². The van der Waals surface area contributed by atoms with Crippen molar-refractivity contribution in [1.82, 2.24) is 14.9 Å². The Hall–Kier alpha value is -1.98. The summed E-state index contributed by atoms with van der Waals surface area (Å²) >= 11 is 2.92. The number of halogens is 5. The number of nitrogens with zero attached hydrogens (tertiary/aromatic N) is 4. The molecule has 0 amide bonds. The highest BCUT2D eigenvalue weighted by Gasteiger charge is 2.48. The molecule has 184 valence electrons. The van der Waals surface area contributed by atoms with Gasteiger partial charge in [-0.1, -0.05) is 0 Å². The molecule has 2 atom stereocenters. The average Bonchev–Trinajstić information content (AvgIpc) is 3.33. The second kappa shape index (κ2) is 8.60. The maximum atomic E-state index is 15.0. The van der Waals surface area contributed by atoms with Crippen LogP contribution in [-0.2, 0) is 0 Å². The van der Waals surface area contributed by atoms with Crippen LogP contribution in [0.5, 0.6) is 6.01 Å². The molecule has 0 bridgehead atoms. The van der Waals surface area contributed by atoms with Crippen LogP contribution in [0.1, 0.15) is 39.0 Å². The van der Waals surface area contributed by atoms with E-state index in [9.17, 15) is 18.3 Å². The van der Waals surface area contributed by atoms with E-state index >= 15 is 4.39 Å². The Bertz CT molecular complexity index is 1170. The van der Waals surface area contributed by atoms with Crippen molar-refractivity contribution in [2.45, 2.75) is 50.2 Å². The molecule has 3 saturated heterocycles. The van der Waals surface area contributed by atoms with Crippen molar-refractivity contribution >= 4 is 32.7 Å². The largest absolute Gasteiger partial charge is 0.461 e. The molecule has 0 saturated carbocycles. The van der Waals surface area contributed by atoms with Crippen molar-refractivity contribution in [2.24, 2.45) is 0 Å². The molecule has 6 nitrogen and oxygen atoms in total. The van der Waals surface area contributed by atoms with Crippen LogP contribution in [0.2, 0.25) is 0 Å². The molecule has 11 heteroatoms. The number of aliphatic hydroxyl groups is 1. The zero-order valence-corrected chi connectivity index (χ0v) is 20.3. The molecule has 0 spiro atoms. The number of β-amino-alcohol motifs (C(OH)–C–C–N with tert-alkyl or cyclic N) is 1. The summed E-state index contributed by atoms with van der Waals surface area (Å²) < 4.78 is 61.6. The summed E-state index contributed by atoms with van der Waals surface area (Å²) in [6.45, 7) is 3.48. The van der Waals surface area contributed by atoms with Gasteiger partial charge < -0.3 is 14.7 Å². The van der Waals surface area contributed by atoms with Crippen molar-refractivity contribution in [3.63, 3.8) is 0 Å². The highest BCUT2D eigenvalue weighted by atomic mass is 79.9. The van der Waals surface area contributed by atoms with Gasteiger partial charge in [0.15, 0.2) is 5.82 Å². The summed E-state index contributed by atoms with van der Waals surface area (Å²) in [5.74, 6) is -1.39. The lowest BCUT2D eigenvalue weighted by molar-refractivity contribution is 0.0447. The number of ether oxygens (including phenoxy) is 1. The van der Waals surface area contributed by atoms with E-state index in [0.29, 0.717) is 32.4 Å². The number of piperidine rings is 1. The minimum absolute atomic E-state index is 0.0798. The lowest BCUT2D eigenvalue weighted by atomic mass is 9.94. The number of anilines is 1. The van der Waals surface area contributed by atoms with Crippen LogP contribution < -0.4 is 9.64 Å². The van der Waals surface area contributed by atoms with Crippen LogP contribution in [0.4, 0.5) is 23.4 Å². The summed E-state index contributed by atoms with van der Waals surface area (Å²) in [6.07, 6.45) is 1.41. The average molecular weight is 545 g/mol. The molecule has 3 aliphatic heterocycles. The number of hydrogen-bond acceptors (Lipinski definition) is 6. The standard InChI is InChI=1S/C23H25BrF4N4O2/c1-22(33)4-2-6-31(11-22)20-14-8-15(25)16(24)17(26)18(14)29-21(30-20)34-12-23-5-3-7-32(23)10-13(9-23)19(27)28/h8,33H,2-7,9-12H2,1H3/t22-,23?/m1/s1. The summed E-state index contributed by atoms with van der Waals surface area (Å²) in [7, 11) is 0. The Kier molecular flexibility index (Phi) is 6.01. The van der Waals surface area contributed by atoms with E-state index in [4.69, 9.17) is 4.74 Å². The topological polar surface area (TPSA) is 61.7 Å². The molecule has 5 rings (SSSR count). The van der Waals surface area contributed by atoms with Crippen molar-refractivity contribution in [3.05, 3.63) is 33.8 Å². The summed E-state index contributed by atoms with van der Waals surface area (Å²) in [5, 5.41) is 10.8. The van der Waals surface area contributed by atoms with Gasteiger partial charge >= 0.3 is 6.01 Å². The first-order valence-corrected chi connectivity index (χ1v) is 12.1. The van der Waals surface area contributed by atoms with Crippen LogP contribution in [-0.4, -0.2) is 63.9 Å². The predicted octanol–water partition coefficient (Wildman–Crippen LogP) is 4.79. The third-order valence-electron chi connectivity index (χ3n) is 7.16. The third kappa shape index (κ3) is 4.15. The Morgan fingerprint density at radius 1 is 1.21 bits per heavy atom. The molecule has 2 aromatic rings. The Morgan fingerprint density at radius 3 is 2.71 bits per heavy atom. The van der Waals surface area contributed by atoms with Gasteiger partial charge in [0.2, 0.25) is 0 Å². The number of rotatable bonds is 4. The summed E-state index contributed by atoms with van der Waals surface area (Å²) in [6, 6.07) is 1.06. The Labute approximate surface area is 202 Å². The Morgan fingerprint density at radius 2 is 1.97 bits per heavy atom. The molecule has 0 radical (unpaired) electrons. The molecule has 4 heterocycles. The fraction of sp³-hybridized carbons (Fsp3) is 0.565. The molecule has 1 aromatic heterocycles. The fourth-order valence-electron chi connectivity index (χ4n) is 5.51. The van der Waals surface area contributed by atoms with Gasteiger partial charge in [-0.05, 0) is 67.6 Å². The van der Waals surface area contributed by atoms with Gasteiger partial charge in [-0.15, -0.1) is 0 Å². The minimum atomic E-state index is -1.65. The SMILES string of the molecule is C[C@@]1(O)CCCN(c2nc(OCC34CCCN3CC(=C(F)F)C4)nc3c(F)c(Br)c(F)cc23)C1.